The summed E-state index contributed by atoms with van der Waals surface area (Å²) in [6.07, 6.45) is -8.62. The second-order valence-electron chi connectivity index (χ2n) is 2.11. The van der Waals surface area contributed by atoms with Gasteiger partial charge in [-0.1, -0.05) is 0 Å². The van der Waals surface area contributed by atoms with Crippen molar-refractivity contribution in [1.82, 2.24) is 0 Å². The standard InChI is InChI=1S/C5H6F4O2/c6-4-2-10-1-3(11-4)5(7,8)9/h3-4H,1-2H2. The quantitative estimate of drug-likeness (QED) is 0.514. The number of hydrogen-bond acceptors (Lipinski definition) is 2. The molecule has 2 atom stereocenters. The average molecular weight is 174 g/mol. The minimum absolute atomic E-state index is 0.424. The Morgan fingerprint density at radius 3 is 2.18 bits per heavy atom. The van der Waals surface area contributed by atoms with Gasteiger partial charge in [-0.3, -0.25) is 0 Å². The lowest BCUT2D eigenvalue weighted by atomic mass is 10.3. The summed E-state index contributed by atoms with van der Waals surface area (Å²) >= 11 is 0. The zero-order valence-corrected chi connectivity index (χ0v) is 5.40. The van der Waals surface area contributed by atoms with E-state index >= 15 is 0 Å². The highest BCUT2D eigenvalue weighted by molar-refractivity contribution is 4.70. The van der Waals surface area contributed by atoms with Crippen LogP contribution < -0.4 is 0 Å². The second kappa shape index (κ2) is 2.94. The molecule has 2 nitrogen and oxygen atoms in total. The van der Waals surface area contributed by atoms with Crippen molar-refractivity contribution in [1.29, 1.82) is 0 Å². The van der Waals surface area contributed by atoms with Crippen molar-refractivity contribution in [3.8, 4) is 0 Å². The summed E-state index contributed by atoms with van der Waals surface area (Å²) in [5.74, 6) is 0. The fourth-order valence-corrected chi connectivity index (χ4v) is 0.696. The largest absolute Gasteiger partial charge is 0.417 e. The second-order valence-corrected chi connectivity index (χ2v) is 2.11. The van der Waals surface area contributed by atoms with Crippen LogP contribution in [0.25, 0.3) is 0 Å². The van der Waals surface area contributed by atoms with Gasteiger partial charge in [0.15, 0.2) is 6.10 Å². The van der Waals surface area contributed by atoms with Gasteiger partial charge in [-0.25, -0.2) is 4.39 Å². The van der Waals surface area contributed by atoms with Crippen LogP contribution in [0.2, 0.25) is 0 Å². The molecule has 0 aliphatic carbocycles. The van der Waals surface area contributed by atoms with Crippen LogP contribution in [0.15, 0.2) is 0 Å². The van der Waals surface area contributed by atoms with Crippen molar-refractivity contribution >= 4 is 0 Å². The molecular formula is C5H6F4O2. The van der Waals surface area contributed by atoms with E-state index in [0.29, 0.717) is 0 Å². The van der Waals surface area contributed by atoms with Crippen LogP contribution >= 0.6 is 0 Å². The van der Waals surface area contributed by atoms with E-state index in [-0.39, 0.29) is 0 Å². The summed E-state index contributed by atoms with van der Waals surface area (Å²) in [4.78, 5) is 0. The first-order chi connectivity index (χ1) is 5.00. The van der Waals surface area contributed by atoms with Gasteiger partial charge in [0.05, 0.1) is 6.61 Å². The first kappa shape index (κ1) is 8.73. The van der Waals surface area contributed by atoms with Gasteiger partial charge in [0.1, 0.15) is 6.61 Å². The monoisotopic (exact) mass is 174 g/mol. The van der Waals surface area contributed by atoms with Gasteiger partial charge >= 0.3 is 6.18 Å². The van der Waals surface area contributed by atoms with E-state index in [1.54, 1.807) is 0 Å². The van der Waals surface area contributed by atoms with Crippen LogP contribution in [-0.4, -0.2) is 31.9 Å². The normalized spacial score (nSPS) is 33.8. The van der Waals surface area contributed by atoms with Gasteiger partial charge in [0, 0.05) is 0 Å². The molecule has 1 fully saturated rings. The van der Waals surface area contributed by atoms with E-state index in [1.165, 1.54) is 0 Å². The third-order valence-electron chi connectivity index (χ3n) is 1.20. The summed E-state index contributed by atoms with van der Waals surface area (Å²) in [6, 6.07) is 0. The Bertz CT molecular complexity index is 135. The molecule has 1 rings (SSSR count). The van der Waals surface area contributed by atoms with E-state index < -0.39 is 31.9 Å². The molecular weight excluding hydrogens is 168 g/mol. The van der Waals surface area contributed by atoms with Crippen molar-refractivity contribution in [3.05, 3.63) is 0 Å². The average Bonchev–Trinajstić information content (AvgIpc) is 1.86. The third kappa shape index (κ3) is 2.30. The first-order valence-electron chi connectivity index (χ1n) is 2.94. The summed E-state index contributed by atoms with van der Waals surface area (Å²) < 4.78 is 55.6. The molecule has 11 heavy (non-hydrogen) atoms. The number of alkyl halides is 4. The van der Waals surface area contributed by atoms with Crippen molar-refractivity contribution in [2.45, 2.75) is 18.6 Å². The van der Waals surface area contributed by atoms with Crippen LogP contribution in [0, 0.1) is 0 Å². The van der Waals surface area contributed by atoms with Crippen LogP contribution in [0.1, 0.15) is 0 Å². The fraction of sp³-hybridized carbons (Fsp3) is 1.00. The maximum atomic E-state index is 12.1. The van der Waals surface area contributed by atoms with Crippen LogP contribution in [0.5, 0.6) is 0 Å². The molecule has 1 saturated heterocycles. The predicted octanol–water partition coefficient (Wildman–Crippen LogP) is 1.26. The molecule has 1 aliphatic heterocycles. The van der Waals surface area contributed by atoms with Crippen molar-refractivity contribution in [2.24, 2.45) is 0 Å². The Morgan fingerprint density at radius 1 is 1.18 bits per heavy atom. The topological polar surface area (TPSA) is 18.5 Å². The Morgan fingerprint density at radius 2 is 1.82 bits per heavy atom. The molecule has 0 spiro atoms. The van der Waals surface area contributed by atoms with E-state index in [2.05, 4.69) is 9.47 Å². The zero-order chi connectivity index (χ0) is 8.48. The van der Waals surface area contributed by atoms with Gasteiger partial charge < -0.3 is 9.47 Å². The number of ether oxygens (including phenoxy) is 2. The Balaban J connectivity index is 2.46. The van der Waals surface area contributed by atoms with Crippen molar-refractivity contribution < 1.29 is 27.0 Å². The molecule has 0 aromatic carbocycles. The van der Waals surface area contributed by atoms with E-state index in [0.717, 1.165) is 0 Å². The van der Waals surface area contributed by atoms with Crippen LogP contribution in [0.3, 0.4) is 0 Å². The van der Waals surface area contributed by atoms with E-state index in [4.69, 9.17) is 0 Å². The number of halogens is 4. The number of rotatable bonds is 0. The summed E-state index contributed by atoms with van der Waals surface area (Å²) in [5.41, 5.74) is 0. The molecule has 0 saturated carbocycles. The van der Waals surface area contributed by atoms with Gasteiger partial charge in [-0.15, -0.1) is 0 Å². The fourth-order valence-electron chi connectivity index (χ4n) is 0.696. The van der Waals surface area contributed by atoms with Crippen molar-refractivity contribution in [3.63, 3.8) is 0 Å². The molecule has 0 aromatic heterocycles. The van der Waals surface area contributed by atoms with Gasteiger partial charge in [-0.2, -0.15) is 13.2 Å². The van der Waals surface area contributed by atoms with Crippen LogP contribution in [0.4, 0.5) is 17.6 Å². The molecule has 2 unspecified atom stereocenters. The smallest absolute Gasteiger partial charge is 0.373 e. The maximum absolute atomic E-state index is 12.1. The molecule has 0 aromatic rings. The minimum atomic E-state index is -4.54. The van der Waals surface area contributed by atoms with Gasteiger partial charge in [0.25, 0.3) is 0 Å². The highest BCUT2D eigenvalue weighted by atomic mass is 19.4. The van der Waals surface area contributed by atoms with Gasteiger partial charge in [-0.05, 0) is 0 Å². The minimum Gasteiger partial charge on any atom is -0.373 e. The highest BCUT2D eigenvalue weighted by Gasteiger charge is 2.44. The Labute approximate surface area is 60.1 Å². The third-order valence-corrected chi connectivity index (χ3v) is 1.20. The highest BCUT2D eigenvalue weighted by Crippen LogP contribution is 2.26. The lowest BCUT2D eigenvalue weighted by Gasteiger charge is -2.26. The lowest BCUT2D eigenvalue weighted by Crippen LogP contribution is -2.43. The van der Waals surface area contributed by atoms with Crippen LogP contribution in [-0.2, 0) is 9.47 Å². The zero-order valence-electron chi connectivity index (χ0n) is 5.40. The number of hydrogen-bond donors (Lipinski definition) is 0. The molecule has 66 valence electrons. The molecule has 0 amide bonds. The lowest BCUT2D eigenvalue weighted by molar-refractivity contribution is -0.292. The van der Waals surface area contributed by atoms with Gasteiger partial charge in [0.2, 0.25) is 6.36 Å². The summed E-state index contributed by atoms with van der Waals surface area (Å²) in [5, 5.41) is 0. The predicted molar refractivity (Wildman–Crippen MR) is 26.6 cm³/mol. The molecule has 1 heterocycles. The molecule has 0 radical (unpaired) electrons. The summed E-state index contributed by atoms with van der Waals surface area (Å²) in [7, 11) is 0. The van der Waals surface area contributed by atoms with E-state index in [9.17, 15) is 17.6 Å². The summed E-state index contributed by atoms with van der Waals surface area (Å²) in [6.45, 7) is -1.05. The SMILES string of the molecule is FC1COCC(C(F)(F)F)O1. The molecule has 1 aliphatic rings. The Hall–Kier alpha value is -0.360. The Kier molecular flexibility index (Phi) is 2.34. The maximum Gasteiger partial charge on any atom is 0.417 e. The molecule has 0 bridgehead atoms. The van der Waals surface area contributed by atoms with E-state index in [1.807, 2.05) is 0 Å². The molecule has 0 N–H and O–H groups in total. The molecule has 6 heteroatoms. The first-order valence-corrected chi connectivity index (χ1v) is 2.94. The van der Waals surface area contributed by atoms with Crippen molar-refractivity contribution in [2.75, 3.05) is 13.2 Å².